The van der Waals surface area contributed by atoms with Crippen LogP contribution in [-0.2, 0) is 16.6 Å². The number of para-hydroxylation sites is 1. The van der Waals surface area contributed by atoms with E-state index in [4.69, 9.17) is 0 Å². The Morgan fingerprint density at radius 1 is 1.06 bits per heavy atom. The number of carbonyl (C=O) groups is 1. The van der Waals surface area contributed by atoms with Gasteiger partial charge in [-0.2, -0.15) is 0 Å². The van der Waals surface area contributed by atoms with Crippen LogP contribution in [0.2, 0.25) is 0 Å². The molecule has 7 nitrogen and oxygen atoms in total. The normalized spacial score (nSPS) is 15.3. The number of hydrogen-bond donors (Lipinski definition) is 1. The topological polar surface area (TPSA) is 82.6 Å². The molecule has 0 spiro atoms. The van der Waals surface area contributed by atoms with Gasteiger partial charge in [0.2, 0.25) is 10.0 Å². The number of aromatic nitrogens is 1. The Kier molecular flexibility index (Phi) is 6.28. The molecule has 0 unspecified atom stereocenters. The number of carbonyl (C=O) groups excluding carboxylic acids is 1. The van der Waals surface area contributed by atoms with Crippen molar-refractivity contribution in [3.05, 3.63) is 70.9 Å². The molecule has 0 atom stereocenters. The SMILES string of the molecule is CNS(=O)(=O)c1cc(C(=O)N2CCN(Cc3cccc4cccnc34)CC2)cc(C)c1C. The summed E-state index contributed by atoms with van der Waals surface area (Å²) < 4.78 is 27.1. The first kappa shape index (κ1) is 22.4. The molecule has 1 aromatic heterocycles. The standard InChI is InChI=1S/C24H28N4O3S/c1-17-14-21(15-22(18(17)2)32(30,31)25-3)24(29)28-12-10-27(11-13-28)16-20-7-4-6-19-8-5-9-26-23(19)20/h4-9,14-15,25H,10-13,16H2,1-3H3. The smallest absolute Gasteiger partial charge is 0.253 e. The molecule has 8 heteroatoms. The zero-order chi connectivity index (χ0) is 22.9. The molecule has 4 rings (SSSR count). The predicted octanol–water partition coefficient (Wildman–Crippen LogP) is 2.72. The lowest BCUT2D eigenvalue weighted by molar-refractivity contribution is 0.0628. The molecule has 3 aromatic rings. The number of fused-ring (bicyclic) bond motifs is 1. The van der Waals surface area contributed by atoms with Gasteiger partial charge in [0.25, 0.3) is 5.91 Å². The van der Waals surface area contributed by atoms with Crippen LogP contribution in [0.25, 0.3) is 10.9 Å². The molecule has 0 radical (unpaired) electrons. The number of hydrogen-bond acceptors (Lipinski definition) is 5. The summed E-state index contributed by atoms with van der Waals surface area (Å²) in [4.78, 5) is 22.0. The third kappa shape index (κ3) is 4.39. The van der Waals surface area contributed by atoms with Crippen molar-refractivity contribution >= 4 is 26.8 Å². The molecule has 1 aliphatic heterocycles. The van der Waals surface area contributed by atoms with Crippen molar-refractivity contribution in [3.63, 3.8) is 0 Å². The fourth-order valence-electron chi connectivity index (χ4n) is 4.17. The van der Waals surface area contributed by atoms with E-state index in [1.165, 1.54) is 18.7 Å². The summed E-state index contributed by atoms with van der Waals surface area (Å²) in [5.74, 6) is -0.132. The number of pyridine rings is 1. The van der Waals surface area contributed by atoms with Gasteiger partial charge in [0, 0.05) is 49.9 Å². The van der Waals surface area contributed by atoms with E-state index in [1.807, 2.05) is 19.2 Å². The van der Waals surface area contributed by atoms with Crippen LogP contribution in [0.4, 0.5) is 0 Å². The molecule has 2 heterocycles. The predicted molar refractivity (Wildman–Crippen MR) is 125 cm³/mol. The molecular weight excluding hydrogens is 424 g/mol. The van der Waals surface area contributed by atoms with Crippen molar-refractivity contribution in [2.24, 2.45) is 0 Å². The fourth-order valence-corrected chi connectivity index (χ4v) is 5.23. The van der Waals surface area contributed by atoms with E-state index in [0.29, 0.717) is 24.2 Å². The highest BCUT2D eigenvalue weighted by atomic mass is 32.2. The van der Waals surface area contributed by atoms with Gasteiger partial charge in [-0.15, -0.1) is 0 Å². The highest BCUT2D eigenvalue weighted by molar-refractivity contribution is 7.89. The van der Waals surface area contributed by atoms with Gasteiger partial charge in [0.15, 0.2) is 0 Å². The Bertz CT molecular complexity index is 1260. The number of aryl methyl sites for hydroxylation is 1. The highest BCUT2D eigenvalue weighted by Gasteiger charge is 2.25. The van der Waals surface area contributed by atoms with Crippen molar-refractivity contribution in [3.8, 4) is 0 Å². The summed E-state index contributed by atoms with van der Waals surface area (Å²) in [6.07, 6.45) is 1.81. The lowest BCUT2D eigenvalue weighted by Gasteiger charge is -2.35. The first-order chi connectivity index (χ1) is 15.3. The quantitative estimate of drug-likeness (QED) is 0.644. The van der Waals surface area contributed by atoms with Gasteiger partial charge in [-0.05, 0) is 55.8 Å². The first-order valence-electron chi connectivity index (χ1n) is 10.7. The number of benzene rings is 2. The lowest BCUT2D eigenvalue weighted by atomic mass is 10.0. The molecular formula is C24H28N4O3S. The van der Waals surface area contributed by atoms with Gasteiger partial charge >= 0.3 is 0 Å². The zero-order valence-electron chi connectivity index (χ0n) is 18.6. The summed E-state index contributed by atoms with van der Waals surface area (Å²) in [6, 6.07) is 13.5. The maximum absolute atomic E-state index is 13.2. The molecule has 0 bridgehead atoms. The van der Waals surface area contributed by atoms with Crippen LogP contribution in [0.5, 0.6) is 0 Å². The molecule has 1 amide bonds. The number of amides is 1. The van der Waals surface area contributed by atoms with Gasteiger partial charge in [-0.3, -0.25) is 14.7 Å². The Morgan fingerprint density at radius 3 is 2.50 bits per heavy atom. The van der Waals surface area contributed by atoms with Gasteiger partial charge in [-0.25, -0.2) is 13.1 Å². The van der Waals surface area contributed by atoms with Crippen molar-refractivity contribution in [2.75, 3.05) is 33.2 Å². The van der Waals surface area contributed by atoms with Crippen LogP contribution in [-0.4, -0.2) is 62.3 Å². The maximum atomic E-state index is 13.2. The molecule has 0 saturated carbocycles. The van der Waals surface area contributed by atoms with E-state index < -0.39 is 10.0 Å². The summed E-state index contributed by atoms with van der Waals surface area (Å²) in [5, 5.41) is 1.13. The summed E-state index contributed by atoms with van der Waals surface area (Å²) >= 11 is 0. The fraction of sp³-hybridized carbons (Fsp3) is 0.333. The van der Waals surface area contributed by atoms with Crippen LogP contribution in [0.3, 0.4) is 0 Å². The second-order valence-corrected chi connectivity index (χ2v) is 10.0. The number of sulfonamides is 1. The van der Waals surface area contributed by atoms with Crippen molar-refractivity contribution in [2.45, 2.75) is 25.3 Å². The zero-order valence-corrected chi connectivity index (χ0v) is 19.4. The average Bonchev–Trinajstić information content (AvgIpc) is 2.81. The molecule has 1 N–H and O–H groups in total. The minimum absolute atomic E-state index is 0.132. The number of rotatable bonds is 5. The van der Waals surface area contributed by atoms with Gasteiger partial charge in [-0.1, -0.05) is 24.3 Å². The molecule has 32 heavy (non-hydrogen) atoms. The molecule has 2 aromatic carbocycles. The van der Waals surface area contributed by atoms with Crippen LogP contribution >= 0.6 is 0 Å². The van der Waals surface area contributed by atoms with Crippen LogP contribution in [0.15, 0.2) is 53.6 Å². The van der Waals surface area contributed by atoms with E-state index in [-0.39, 0.29) is 10.8 Å². The second kappa shape index (κ2) is 8.97. The monoisotopic (exact) mass is 452 g/mol. The number of piperazine rings is 1. The number of nitrogens with zero attached hydrogens (tertiary/aromatic N) is 3. The Balaban J connectivity index is 1.47. The van der Waals surface area contributed by atoms with Crippen molar-refractivity contribution in [1.29, 1.82) is 0 Å². The average molecular weight is 453 g/mol. The van der Waals surface area contributed by atoms with Gasteiger partial charge in [0.05, 0.1) is 10.4 Å². The molecule has 0 aliphatic carbocycles. The van der Waals surface area contributed by atoms with Crippen molar-refractivity contribution < 1.29 is 13.2 Å². The second-order valence-electron chi connectivity index (χ2n) is 8.18. The Morgan fingerprint density at radius 2 is 1.78 bits per heavy atom. The Labute approximate surface area is 189 Å². The lowest BCUT2D eigenvalue weighted by Crippen LogP contribution is -2.48. The summed E-state index contributed by atoms with van der Waals surface area (Å²) in [5.41, 5.74) is 4.05. The first-order valence-corrected chi connectivity index (χ1v) is 12.2. The Hall–Kier alpha value is -2.81. The molecule has 1 aliphatic rings. The van der Waals surface area contributed by atoms with E-state index in [9.17, 15) is 13.2 Å². The minimum Gasteiger partial charge on any atom is -0.336 e. The van der Waals surface area contributed by atoms with Gasteiger partial charge in [0.1, 0.15) is 0 Å². The molecule has 1 saturated heterocycles. The van der Waals surface area contributed by atoms with E-state index >= 15 is 0 Å². The van der Waals surface area contributed by atoms with Crippen LogP contribution < -0.4 is 4.72 Å². The maximum Gasteiger partial charge on any atom is 0.253 e. The van der Waals surface area contributed by atoms with Gasteiger partial charge < -0.3 is 4.90 Å². The molecule has 168 valence electrons. The van der Waals surface area contributed by atoms with Crippen LogP contribution in [0, 0.1) is 13.8 Å². The third-order valence-electron chi connectivity index (χ3n) is 6.19. The summed E-state index contributed by atoms with van der Waals surface area (Å²) in [6.45, 7) is 7.06. The molecule has 1 fully saturated rings. The minimum atomic E-state index is -3.63. The third-order valence-corrected chi connectivity index (χ3v) is 7.74. The highest BCUT2D eigenvalue weighted by Crippen LogP contribution is 2.23. The van der Waals surface area contributed by atoms with Crippen LogP contribution in [0.1, 0.15) is 27.0 Å². The van der Waals surface area contributed by atoms with E-state index in [2.05, 4.69) is 38.9 Å². The van der Waals surface area contributed by atoms with Crippen molar-refractivity contribution in [1.82, 2.24) is 19.5 Å². The van der Waals surface area contributed by atoms with E-state index in [1.54, 1.807) is 17.9 Å². The largest absolute Gasteiger partial charge is 0.336 e. The summed E-state index contributed by atoms with van der Waals surface area (Å²) in [7, 11) is -2.26. The number of nitrogens with one attached hydrogen (secondary N) is 1. The van der Waals surface area contributed by atoms with E-state index in [0.717, 1.165) is 36.1 Å².